The van der Waals surface area contributed by atoms with Crippen LogP contribution in [0.3, 0.4) is 0 Å². The lowest BCUT2D eigenvalue weighted by atomic mass is 10.0. The highest BCUT2D eigenvalue weighted by Crippen LogP contribution is 2.29. The van der Waals surface area contributed by atoms with Crippen LogP contribution in [0.25, 0.3) is 0 Å². The summed E-state index contributed by atoms with van der Waals surface area (Å²) in [5.74, 6) is 0. The van der Waals surface area contributed by atoms with Crippen LogP contribution in [0.4, 0.5) is 0 Å². The molecule has 5 nitrogen and oxygen atoms in total. The Morgan fingerprint density at radius 1 is 1.24 bits per heavy atom. The third kappa shape index (κ3) is 4.78. The summed E-state index contributed by atoms with van der Waals surface area (Å²) in [7, 11) is -1.61. The van der Waals surface area contributed by atoms with Crippen molar-refractivity contribution in [1.29, 1.82) is 0 Å². The van der Waals surface area contributed by atoms with Crippen molar-refractivity contribution in [3.8, 4) is 0 Å². The van der Waals surface area contributed by atoms with E-state index in [1.165, 1.54) is 12.1 Å². The molecule has 0 unspecified atom stereocenters. The first-order valence-corrected chi connectivity index (χ1v) is 8.86. The average Bonchev–Trinajstić information content (AvgIpc) is 2.82. The highest BCUT2D eigenvalue weighted by molar-refractivity contribution is 7.89. The predicted molar refractivity (Wildman–Crippen MR) is 82.4 cm³/mol. The molecule has 1 aromatic rings. The van der Waals surface area contributed by atoms with Gasteiger partial charge in [0.2, 0.25) is 10.0 Å². The molecule has 2 rings (SSSR count). The van der Waals surface area contributed by atoms with E-state index >= 15 is 0 Å². The molecule has 0 heterocycles. The summed E-state index contributed by atoms with van der Waals surface area (Å²) in [6.45, 7) is 1.53. The van der Waals surface area contributed by atoms with Gasteiger partial charge < -0.3 is 10.0 Å². The number of nitrogens with zero attached hydrogens (tertiary/aromatic N) is 1. The lowest BCUT2D eigenvalue weighted by Crippen LogP contribution is -2.39. The molecule has 1 aromatic carbocycles. The third-order valence-corrected chi connectivity index (χ3v) is 5.06. The fourth-order valence-corrected chi connectivity index (χ4v) is 3.45. The van der Waals surface area contributed by atoms with E-state index in [2.05, 4.69) is 4.90 Å². The van der Waals surface area contributed by atoms with Gasteiger partial charge in [0.25, 0.3) is 0 Å². The molecule has 0 atom stereocenters. The van der Waals surface area contributed by atoms with E-state index in [1.807, 2.05) is 7.05 Å². The summed E-state index contributed by atoms with van der Waals surface area (Å²) in [5.41, 5.74) is 0.541. The number of nitrogens with two attached hydrogens (primary N) is 1. The van der Waals surface area contributed by atoms with Crippen molar-refractivity contribution in [1.82, 2.24) is 4.90 Å². The number of hydrogen-bond donors (Lipinski definition) is 2. The molecular weight excluding hydrogens is 288 g/mol. The second-order valence-electron chi connectivity index (χ2n) is 6.11. The lowest BCUT2D eigenvalue weighted by molar-refractivity contribution is 0.0167. The van der Waals surface area contributed by atoms with Crippen molar-refractivity contribution in [2.75, 3.05) is 20.1 Å². The Morgan fingerprint density at radius 3 is 2.33 bits per heavy atom. The van der Waals surface area contributed by atoms with Crippen LogP contribution in [0.15, 0.2) is 29.2 Å². The first-order chi connectivity index (χ1) is 9.78. The minimum Gasteiger partial charge on any atom is -0.389 e. The third-order valence-electron chi connectivity index (χ3n) is 4.13. The first kappa shape index (κ1) is 16.4. The highest BCUT2D eigenvalue weighted by Gasteiger charge is 2.31. The van der Waals surface area contributed by atoms with Crippen LogP contribution >= 0.6 is 0 Å². The van der Waals surface area contributed by atoms with E-state index < -0.39 is 15.6 Å². The SMILES string of the molecule is CN(CCc1ccc(S(N)(=O)=O)cc1)CC1(O)CCCC1. The van der Waals surface area contributed by atoms with Gasteiger partial charge in [-0.3, -0.25) is 0 Å². The largest absolute Gasteiger partial charge is 0.389 e. The first-order valence-electron chi connectivity index (χ1n) is 7.31. The smallest absolute Gasteiger partial charge is 0.238 e. The number of primary sulfonamides is 1. The molecule has 0 radical (unpaired) electrons. The summed E-state index contributed by atoms with van der Waals surface area (Å²) < 4.78 is 22.4. The van der Waals surface area contributed by atoms with Crippen molar-refractivity contribution in [3.05, 3.63) is 29.8 Å². The van der Waals surface area contributed by atoms with Crippen molar-refractivity contribution in [3.63, 3.8) is 0 Å². The van der Waals surface area contributed by atoms with Crippen molar-refractivity contribution < 1.29 is 13.5 Å². The molecule has 1 aliphatic carbocycles. The van der Waals surface area contributed by atoms with Crippen LogP contribution in [-0.4, -0.2) is 44.2 Å². The minimum atomic E-state index is -3.62. The topological polar surface area (TPSA) is 83.6 Å². The predicted octanol–water partition coefficient (Wildman–Crippen LogP) is 1.11. The monoisotopic (exact) mass is 312 g/mol. The van der Waals surface area contributed by atoms with Gasteiger partial charge in [-0.25, -0.2) is 13.6 Å². The van der Waals surface area contributed by atoms with Gasteiger partial charge >= 0.3 is 0 Å². The van der Waals surface area contributed by atoms with Crippen LogP contribution in [0.1, 0.15) is 31.2 Å². The maximum Gasteiger partial charge on any atom is 0.238 e. The standard InChI is InChI=1S/C15H24N2O3S/c1-17(12-15(18)9-2-3-10-15)11-8-13-4-6-14(7-5-13)21(16,19)20/h4-7,18H,2-3,8-12H2,1H3,(H2,16,19,20). The number of sulfonamides is 1. The second-order valence-corrected chi connectivity index (χ2v) is 7.67. The molecule has 0 bridgehead atoms. The molecule has 0 aliphatic heterocycles. The van der Waals surface area contributed by atoms with Crippen molar-refractivity contribution in [2.24, 2.45) is 5.14 Å². The zero-order chi connectivity index (χ0) is 15.5. The number of rotatable bonds is 6. The normalized spacial score (nSPS) is 18.3. The fraction of sp³-hybridized carbons (Fsp3) is 0.600. The van der Waals surface area contributed by atoms with E-state index in [9.17, 15) is 13.5 Å². The molecule has 1 saturated carbocycles. The van der Waals surface area contributed by atoms with Crippen LogP contribution < -0.4 is 5.14 Å². The molecular formula is C15H24N2O3S. The Hall–Kier alpha value is -0.950. The van der Waals surface area contributed by atoms with Crippen LogP contribution in [-0.2, 0) is 16.4 Å². The van der Waals surface area contributed by atoms with Gasteiger partial charge in [-0.2, -0.15) is 0 Å². The van der Waals surface area contributed by atoms with Crippen LogP contribution in [0, 0.1) is 0 Å². The zero-order valence-corrected chi connectivity index (χ0v) is 13.3. The molecule has 6 heteroatoms. The van der Waals surface area contributed by atoms with Crippen LogP contribution in [0.5, 0.6) is 0 Å². The Balaban J connectivity index is 1.85. The van der Waals surface area contributed by atoms with Crippen LogP contribution in [0.2, 0.25) is 0 Å². The Morgan fingerprint density at radius 2 is 1.81 bits per heavy atom. The molecule has 1 fully saturated rings. The number of likely N-dealkylation sites (N-methyl/N-ethyl adjacent to an activating group) is 1. The maximum absolute atomic E-state index is 11.2. The molecule has 118 valence electrons. The Kier molecular flexibility index (Phi) is 5.03. The summed E-state index contributed by atoms with van der Waals surface area (Å²) in [6.07, 6.45) is 4.82. The lowest BCUT2D eigenvalue weighted by Gasteiger charge is -2.28. The van der Waals surface area contributed by atoms with Gasteiger partial charge in [0, 0.05) is 13.1 Å². The Labute approximate surface area is 126 Å². The molecule has 0 spiro atoms. The molecule has 0 aromatic heterocycles. The van der Waals surface area contributed by atoms with E-state index in [4.69, 9.17) is 5.14 Å². The van der Waals surface area contributed by atoms with E-state index in [1.54, 1.807) is 12.1 Å². The quantitative estimate of drug-likeness (QED) is 0.824. The van der Waals surface area contributed by atoms with Gasteiger partial charge in [-0.15, -0.1) is 0 Å². The molecule has 0 saturated heterocycles. The zero-order valence-electron chi connectivity index (χ0n) is 12.5. The van der Waals surface area contributed by atoms with Crippen molar-refractivity contribution in [2.45, 2.75) is 42.6 Å². The molecule has 1 aliphatic rings. The number of benzene rings is 1. The maximum atomic E-state index is 11.2. The minimum absolute atomic E-state index is 0.139. The molecule has 21 heavy (non-hydrogen) atoms. The van der Waals surface area contributed by atoms with Gasteiger partial charge in [-0.1, -0.05) is 25.0 Å². The van der Waals surface area contributed by atoms with E-state index in [-0.39, 0.29) is 4.90 Å². The van der Waals surface area contributed by atoms with Gasteiger partial charge in [0.1, 0.15) is 0 Å². The number of hydrogen-bond acceptors (Lipinski definition) is 4. The van der Waals surface area contributed by atoms with Gasteiger partial charge in [0.05, 0.1) is 10.5 Å². The highest BCUT2D eigenvalue weighted by atomic mass is 32.2. The summed E-state index contributed by atoms with van der Waals surface area (Å²) in [6, 6.07) is 6.65. The number of aliphatic hydroxyl groups is 1. The average molecular weight is 312 g/mol. The fourth-order valence-electron chi connectivity index (χ4n) is 2.94. The van der Waals surface area contributed by atoms with E-state index in [0.717, 1.165) is 44.2 Å². The molecule has 0 amide bonds. The van der Waals surface area contributed by atoms with E-state index in [0.29, 0.717) is 6.54 Å². The van der Waals surface area contributed by atoms with Gasteiger partial charge in [-0.05, 0) is 44.0 Å². The summed E-state index contributed by atoms with van der Waals surface area (Å²) in [4.78, 5) is 2.28. The second kappa shape index (κ2) is 6.44. The van der Waals surface area contributed by atoms with Gasteiger partial charge in [0.15, 0.2) is 0 Å². The van der Waals surface area contributed by atoms with Crippen molar-refractivity contribution >= 4 is 10.0 Å². The summed E-state index contributed by atoms with van der Waals surface area (Å²) in [5, 5.41) is 15.4. The Bertz CT molecular complexity index is 563. The molecule has 3 N–H and O–H groups in total. The summed E-state index contributed by atoms with van der Waals surface area (Å²) >= 11 is 0.